The number of nitrogens with zero attached hydrogens (tertiary/aromatic N) is 1. The lowest BCUT2D eigenvalue weighted by molar-refractivity contribution is -0.116. The maximum atomic E-state index is 11.5. The molecule has 0 radical (unpaired) electrons. The summed E-state index contributed by atoms with van der Waals surface area (Å²) in [5.41, 5.74) is 5.89. The molecule has 0 fully saturated rings. The highest BCUT2D eigenvalue weighted by Crippen LogP contribution is 2.26. The van der Waals surface area contributed by atoms with E-state index >= 15 is 0 Å². The second-order valence-corrected chi connectivity index (χ2v) is 5.21. The zero-order valence-electron chi connectivity index (χ0n) is 12.8. The number of aryl methyl sites for hydroxylation is 2. The molecule has 0 spiro atoms. The number of nitrogens with one attached hydrogen (secondary N) is 1. The van der Waals surface area contributed by atoms with E-state index in [1.807, 2.05) is 33.8 Å². The van der Waals surface area contributed by atoms with Gasteiger partial charge in [-0.2, -0.15) is 5.10 Å². The van der Waals surface area contributed by atoms with E-state index in [1.165, 1.54) is 0 Å². The second-order valence-electron chi connectivity index (χ2n) is 4.39. The van der Waals surface area contributed by atoms with Crippen LogP contribution in [0.5, 0.6) is 0 Å². The predicted octanol–water partition coefficient (Wildman–Crippen LogP) is 4.69. The number of carbonyl (C=O) groups excluding carboxylic acids is 1. The minimum Gasteiger partial charge on any atom is -0.267 e. The van der Waals surface area contributed by atoms with E-state index in [1.54, 1.807) is 12.1 Å². The van der Waals surface area contributed by atoms with Crippen molar-refractivity contribution < 1.29 is 4.79 Å². The number of benzene rings is 1. The summed E-state index contributed by atoms with van der Waals surface area (Å²) in [6.45, 7) is 7.77. The monoisotopic (exact) mass is 326 g/mol. The summed E-state index contributed by atoms with van der Waals surface area (Å²) in [5, 5.41) is 5.35. The summed E-state index contributed by atoms with van der Waals surface area (Å²) in [6.07, 6.45) is 3.16. The molecule has 1 aromatic rings. The molecule has 114 valence electrons. The summed E-state index contributed by atoms with van der Waals surface area (Å²) in [4.78, 5) is 11.5. The molecule has 1 heterocycles. The van der Waals surface area contributed by atoms with Crippen molar-refractivity contribution in [1.29, 1.82) is 0 Å². The first-order valence-corrected chi connectivity index (χ1v) is 7.76. The standard InChI is InChI=1S/C14H14Cl2N2O.C2H6/c1-3-10-13(17-18-14(10)19)5-4-9-6-8(2)11(15)7-12(9)16;1-2/h3,6-7H,4-5H2,1-2H3,(H,18,19);1-2H3/b10-3+;. The van der Waals surface area contributed by atoms with E-state index in [0.717, 1.165) is 23.3 Å². The lowest BCUT2D eigenvalue weighted by Crippen LogP contribution is -2.13. The fraction of sp³-hybridized carbons (Fsp3) is 0.375. The van der Waals surface area contributed by atoms with Gasteiger partial charge in [0.05, 0.1) is 11.3 Å². The summed E-state index contributed by atoms with van der Waals surface area (Å²) in [5.74, 6) is -0.143. The number of allylic oxidation sites excluding steroid dienone is 1. The Balaban J connectivity index is 0.00000106. The van der Waals surface area contributed by atoms with Gasteiger partial charge in [0, 0.05) is 10.0 Å². The predicted molar refractivity (Wildman–Crippen MR) is 90.2 cm³/mol. The molecular formula is C16H20Cl2N2O. The van der Waals surface area contributed by atoms with Crippen molar-refractivity contribution in [2.24, 2.45) is 5.10 Å². The van der Waals surface area contributed by atoms with Gasteiger partial charge in [-0.1, -0.05) is 49.2 Å². The van der Waals surface area contributed by atoms with E-state index in [-0.39, 0.29) is 5.91 Å². The SMILES string of the molecule is C/C=C1/C(=O)NN=C1CCc1cc(C)c(Cl)cc1Cl.CC. The molecule has 3 nitrogen and oxygen atoms in total. The third-order valence-electron chi connectivity index (χ3n) is 3.10. The Kier molecular flexibility index (Phi) is 6.93. The molecule has 5 heteroatoms. The van der Waals surface area contributed by atoms with Crippen molar-refractivity contribution in [1.82, 2.24) is 5.43 Å². The van der Waals surface area contributed by atoms with Crippen molar-refractivity contribution in [2.75, 3.05) is 0 Å². The molecule has 0 saturated heterocycles. The summed E-state index contributed by atoms with van der Waals surface area (Å²) in [7, 11) is 0. The molecule has 21 heavy (non-hydrogen) atoms. The van der Waals surface area contributed by atoms with Gasteiger partial charge in [-0.05, 0) is 43.9 Å². The van der Waals surface area contributed by atoms with Crippen molar-refractivity contribution >= 4 is 34.8 Å². The zero-order chi connectivity index (χ0) is 16.0. The maximum absolute atomic E-state index is 11.5. The average molecular weight is 327 g/mol. The lowest BCUT2D eigenvalue weighted by Gasteiger charge is -2.07. The van der Waals surface area contributed by atoms with E-state index in [0.29, 0.717) is 22.0 Å². The van der Waals surface area contributed by atoms with Crippen LogP contribution in [0, 0.1) is 6.92 Å². The number of amides is 1. The van der Waals surface area contributed by atoms with Crippen LogP contribution in [0.15, 0.2) is 28.9 Å². The Bertz CT molecular complexity index is 592. The highest BCUT2D eigenvalue weighted by molar-refractivity contribution is 6.35. The van der Waals surface area contributed by atoms with Gasteiger partial charge in [-0.3, -0.25) is 4.79 Å². The highest BCUT2D eigenvalue weighted by Gasteiger charge is 2.21. The van der Waals surface area contributed by atoms with Crippen LogP contribution < -0.4 is 5.43 Å². The van der Waals surface area contributed by atoms with Crippen LogP contribution >= 0.6 is 23.2 Å². The zero-order valence-corrected chi connectivity index (χ0v) is 14.3. The van der Waals surface area contributed by atoms with Crippen LogP contribution in [0.2, 0.25) is 10.0 Å². The first-order valence-electron chi connectivity index (χ1n) is 7.01. The number of rotatable bonds is 3. The van der Waals surface area contributed by atoms with Crippen LogP contribution in [0.3, 0.4) is 0 Å². The second kappa shape index (κ2) is 8.20. The first-order chi connectivity index (χ1) is 10.0. The maximum Gasteiger partial charge on any atom is 0.272 e. The van der Waals surface area contributed by atoms with Crippen LogP contribution in [0.1, 0.15) is 38.3 Å². The third-order valence-corrected chi connectivity index (χ3v) is 3.85. The van der Waals surface area contributed by atoms with Crippen molar-refractivity contribution in [2.45, 2.75) is 40.5 Å². The van der Waals surface area contributed by atoms with Gasteiger partial charge in [0.2, 0.25) is 0 Å². The summed E-state index contributed by atoms with van der Waals surface area (Å²) >= 11 is 12.2. The Morgan fingerprint density at radius 3 is 2.48 bits per heavy atom. The van der Waals surface area contributed by atoms with E-state index in [4.69, 9.17) is 23.2 Å². The molecule has 0 bridgehead atoms. The molecule has 0 atom stereocenters. The van der Waals surface area contributed by atoms with E-state index < -0.39 is 0 Å². The van der Waals surface area contributed by atoms with Gasteiger partial charge < -0.3 is 0 Å². The van der Waals surface area contributed by atoms with Gasteiger partial charge >= 0.3 is 0 Å². The van der Waals surface area contributed by atoms with Crippen molar-refractivity contribution in [3.05, 3.63) is 45.0 Å². The van der Waals surface area contributed by atoms with Crippen LogP contribution in [-0.4, -0.2) is 11.6 Å². The number of hydrogen-bond acceptors (Lipinski definition) is 2. The fourth-order valence-corrected chi connectivity index (χ4v) is 2.50. The smallest absolute Gasteiger partial charge is 0.267 e. The molecule has 0 unspecified atom stereocenters. The third kappa shape index (κ3) is 4.32. The molecule has 1 aliphatic heterocycles. The minimum absolute atomic E-state index is 0.143. The summed E-state index contributed by atoms with van der Waals surface area (Å²) < 4.78 is 0. The molecular weight excluding hydrogens is 307 g/mol. The highest BCUT2D eigenvalue weighted by atomic mass is 35.5. The molecule has 2 rings (SSSR count). The normalized spacial score (nSPS) is 15.4. The molecule has 0 aromatic heterocycles. The van der Waals surface area contributed by atoms with Crippen molar-refractivity contribution in [3.8, 4) is 0 Å². The molecule has 1 N–H and O–H groups in total. The van der Waals surface area contributed by atoms with Crippen LogP contribution in [0.25, 0.3) is 0 Å². The first kappa shape index (κ1) is 17.7. The van der Waals surface area contributed by atoms with Gasteiger partial charge in [0.15, 0.2) is 0 Å². The van der Waals surface area contributed by atoms with E-state index in [2.05, 4.69) is 10.5 Å². The van der Waals surface area contributed by atoms with E-state index in [9.17, 15) is 4.79 Å². The largest absolute Gasteiger partial charge is 0.272 e. The van der Waals surface area contributed by atoms with Gasteiger partial charge in [0.1, 0.15) is 0 Å². The number of hydrazone groups is 1. The Morgan fingerprint density at radius 1 is 1.19 bits per heavy atom. The van der Waals surface area contributed by atoms with Gasteiger partial charge in [-0.25, -0.2) is 5.43 Å². The van der Waals surface area contributed by atoms with Crippen molar-refractivity contribution in [3.63, 3.8) is 0 Å². The van der Waals surface area contributed by atoms with Gasteiger partial charge in [-0.15, -0.1) is 0 Å². The van der Waals surface area contributed by atoms with Crippen LogP contribution in [-0.2, 0) is 11.2 Å². The van der Waals surface area contributed by atoms with Gasteiger partial charge in [0.25, 0.3) is 5.91 Å². The Hall–Kier alpha value is -1.32. The number of hydrogen-bond donors (Lipinski definition) is 1. The van der Waals surface area contributed by atoms with Crippen LogP contribution in [0.4, 0.5) is 0 Å². The lowest BCUT2D eigenvalue weighted by atomic mass is 10.0. The summed E-state index contributed by atoms with van der Waals surface area (Å²) in [6, 6.07) is 3.73. The molecule has 1 aromatic carbocycles. The number of halogens is 2. The fourth-order valence-electron chi connectivity index (χ4n) is 2.02. The molecule has 0 saturated carbocycles. The quantitative estimate of drug-likeness (QED) is 0.804. The topological polar surface area (TPSA) is 41.5 Å². The number of carbonyl (C=O) groups is 1. The molecule has 1 aliphatic rings. The molecule has 1 amide bonds. The average Bonchev–Trinajstić information content (AvgIpc) is 2.83. The molecule has 0 aliphatic carbocycles. The minimum atomic E-state index is -0.143. The Morgan fingerprint density at radius 2 is 1.86 bits per heavy atom. The Labute approximate surface area is 136 Å².